The average molecular weight is 229 g/mol. The van der Waals surface area contributed by atoms with E-state index in [0.717, 1.165) is 0 Å². The van der Waals surface area contributed by atoms with Crippen LogP contribution in [0.3, 0.4) is 0 Å². The number of amides is 1. The number of ether oxygens (including phenoxy) is 1. The van der Waals surface area contributed by atoms with Crippen molar-refractivity contribution < 1.29 is 9.53 Å². The Morgan fingerprint density at radius 2 is 2.27 bits per heavy atom. The third-order valence-corrected chi connectivity index (χ3v) is 2.29. The van der Waals surface area contributed by atoms with Crippen molar-refractivity contribution in [1.82, 2.24) is 0 Å². The first-order chi connectivity index (χ1) is 7.10. The normalized spacial score (nSPS) is 9.87. The molecule has 0 bridgehead atoms. The molecule has 0 unspecified atom stereocenters. The van der Waals surface area contributed by atoms with Gasteiger partial charge in [-0.05, 0) is 18.2 Å². The smallest absolute Gasteiger partial charge is 0.240 e. The third-order valence-electron chi connectivity index (χ3n) is 2.05. The van der Waals surface area contributed by atoms with Crippen LogP contribution in [-0.4, -0.2) is 26.6 Å². The van der Waals surface area contributed by atoms with Crippen molar-refractivity contribution in [3.63, 3.8) is 0 Å². The third kappa shape index (κ3) is 2.61. The number of halogens is 1. The molecule has 0 aliphatic carbocycles. The number of nitrogens with two attached hydrogens (primary N) is 1. The van der Waals surface area contributed by atoms with E-state index >= 15 is 0 Å². The maximum Gasteiger partial charge on any atom is 0.240 e. The van der Waals surface area contributed by atoms with Crippen molar-refractivity contribution >= 4 is 23.2 Å². The summed E-state index contributed by atoms with van der Waals surface area (Å²) in [4.78, 5) is 12.8. The van der Waals surface area contributed by atoms with E-state index in [-0.39, 0.29) is 12.5 Å². The van der Waals surface area contributed by atoms with Gasteiger partial charge in [0.2, 0.25) is 5.91 Å². The number of likely N-dealkylation sites (N-methyl/N-ethyl adjacent to an activating group) is 1. The molecule has 1 aromatic rings. The van der Waals surface area contributed by atoms with E-state index in [1.165, 1.54) is 12.0 Å². The molecule has 5 heteroatoms. The molecule has 0 aromatic heterocycles. The molecule has 0 saturated heterocycles. The van der Waals surface area contributed by atoms with Crippen LogP contribution in [0.25, 0.3) is 0 Å². The lowest BCUT2D eigenvalue weighted by atomic mass is 10.2. The fourth-order valence-corrected chi connectivity index (χ4v) is 1.36. The van der Waals surface area contributed by atoms with Gasteiger partial charge >= 0.3 is 0 Å². The molecule has 0 saturated carbocycles. The first-order valence-electron chi connectivity index (χ1n) is 4.40. The van der Waals surface area contributed by atoms with Gasteiger partial charge in [-0.25, -0.2) is 0 Å². The van der Waals surface area contributed by atoms with Gasteiger partial charge in [-0.1, -0.05) is 11.6 Å². The molecule has 1 rings (SSSR count). The largest absolute Gasteiger partial charge is 0.495 e. The number of methoxy groups -OCH3 is 1. The summed E-state index contributed by atoms with van der Waals surface area (Å²) < 4.78 is 5.12. The second-order valence-electron chi connectivity index (χ2n) is 2.97. The number of nitrogens with zero attached hydrogens (tertiary/aromatic N) is 1. The van der Waals surface area contributed by atoms with Crippen LogP contribution in [0.15, 0.2) is 18.2 Å². The summed E-state index contributed by atoms with van der Waals surface area (Å²) in [6, 6.07) is 5.07. The number of anilines is 1. The summed E-state index contributed by atoms with van der Waals surface area (Å²) in [6.07, 6.45) is 0. The Bertz CT molecular complexity index is 368. The molecule has 0 aliphatic heterocycles. The van der Waals surface area contributed by atoms with Crippen molar-refractivity contribution in [3.05, 3.63) is 23.2 Å². The Kier molecular flexibility index (Phi) is 3.94. The van der Waals surface area contributed by atoms with Crippen molar-refractivity contribution in [2.45, 2.75) is 0 Å². The van der Waals surface area contributed by atoms with Crippen LogP contribution < -0.4 is 15.4 Å². The first kappa shape index (κ1) is 11.8. The second-order valence-corrected chi connectivity index (χ2v) is 3.41. The summed E-state index contributed by atoms with van der Waals surface area (Å²) in [5, 5.41) is 0.544. The van der Waals surface area contributed by atoms with Crippen LogP contribution >= 0.6 is 11.6 Å². The van der Waals surface area contributed by atoms with Gasteiger partial charge in [-0.3, -0.25) is 4.79 Å². The molecule has 0 fully saturated rings. The SMILES string of the molecule is COc1ccc(Cl)cc1N(C)C(=O)CN. The monoisotopic (exact) mass is 228 g/mol. The van der Waals surface area contributed by atoms with E-state index in [4.69, 9.17) is 22.1 Å². The number of hydrogen-bond donors (Lipinski definition) is 1. The number of rotatable bonds is 3. The van der Waals surface area contributed by atoms with E-state index in [2.05, 4.69) is 0 Å². The van der Waals surface area contributed by atoms with Crippen LogP contribution in [0.1, 0.15) is 0 Å². The summed E-state index contributed by atoms with van der Waals surface area (Å²) in [6.45, 7) is -0.0494. The average Bonchev–Trinajstić information content (AvgIpc) is 2.27. The van der Waals surface area contributed by atoms with E-state index in [1.54, 1.807) is 25.2 Å². The maximum atomic E-state index is 11.4. The van der Waals surface area contributed by atoms with Gasteiger partial charge in [0.15, 0.2) is 0 Å². The predicted octanol–water partition coefficient (Wildman–Crippen LogP) is 1.27. The minimum absolute atomic E-state index is 0.0494. The fourth-order valence-electron chi connectivity index (χ4n) is 1.20. The van der Waals surface area contributed by atoms with Crippen molar-refractivity contribution in [2.24, 2.45) is 5.73 Å². The van der Waals surface area contributed by atoms with Crippen LogP contribution in [0.2, 0.25) is 5.02 Å². The quantitative estimate of drug-likeness (QED) is 0.848. The standard InChI is InChI=1S/C10H13ClN2O2/c1-13(10(14)6-12)8-5-7(11)3-4-9(8)15-2/h3-5H,6,12H2,1-2H3. The van der Waals surface area contributed by atoms with Crippen molar-refractivity contribution in [3.8, 4) is 5.75 Å². The highest BCUT2D eigenvalue weighted by molar-refractivity contribution is 6.31. The van der Waals surface area contributed by atoms with Crippen LogP contribution in [-0.2, 0) is 4.79 Å². The number of benzene rings is 1. The Hall–Kier alpha value is -1.26. The molecule has 0 aliphatic rings. The number of carbonyl (C=O) groups is 1. The van der Waals surface area contributed by atoms with Crippen molar-refractivity contribution in [1.29, 1.82) is 0 Å². The Balaban J connectivity index is 3.10. The molecule has 1 amide bonds. The lowest BCUT2D eigenvalue weighted by Crippen LogP contribution is -2.32. The number of hydrogen-bond acceptors (Lipinski definition) is 3. The van der Waals surface area contributed by atoms with Crippen LogP contribution in [0, 0.1) is 0 Å². The molecule has 0 spiro atoms. The zero-order chi connectivity index (χ0) is 11.4. The zero-order valence-corrected chi connectivity index (χ0v) is 9.41. The highest BCUT2D eigenvalue weighted by Crippen LogP contribution is 2.30. The Morgan fingerprint density at radius 3 is 2.80 bits per heavy atom. The molecule has 4 nitrogen and oxygen atoms in total. The van der Waals surface area contributed by atoms with Crippen molar-refractivity contribution in [2.75, 3.05) is 25.6 Å². The molecule has 0 atom stereocenters. The number of carbonyl (C=O) groups excluding carboxylic acids is 1. The molecular formula is C10H13ClN2O2. The van der Waals surface area contributed by atoms with Gasteiger partial charge < -0.3 is 15.4 Å². The fraction of sp³-hybridized carbons (Fsp3) is 0.300. The Labute approximate surface area is 93.6 Å². The Morgan fingerprint density at radius 1 is 1.60 bits per heavy atom. The summed E-state index contributed by atoms with van der Waals surface area (Å²) >= 11 is 5.84. The van der Waals surface area contributed by atoms with Crippen LogP contribution in [0.5, 0.6) is 5.75 Å². The molecule has 0 heterocycles. The van der Waals surface area contributed by atoms with Gasteiger partial charge in [-0.2, -0.15) is 0 Å². The molecular weight excluding hydrogens is 216 g/mol. The summed E-state index contributed by atoms with van der Waals surface area (Å²) in [5.74, 6) is 0.388. The maximum absolute atomic E-state index is 11.4. The minimum Gasteiger partial charge on any atom is -0.495 e. The lowest BCUT2D eigenvalue weighted by Gasteiger charge is -2.19. The highest BCUT2D eigenvalue weighted by atomic mass is 35.5. The topological polar surface area (TPSA) is 55.6 Å². The predicted molar refractivity (Wildman–Crippen MR) is 60.5 cm³/mol. The highest BCUT2D eigenvalue weighted by Gasteiger charge is 2.13. The minimum atomic E-state index is -0.199. The first-order valence-corrected chi connectivity index (χ1v) is 4.78. The van der Waals surface area contributed by atoms with E-state index < -0.39 is 0 Å². The van der Waals surface area contributed by atoms with E-state index in [0.29, 0.717) is 16.5 Å². The van der Waals surface area contributed by atoms with Gasteiger partial charge in [0.25, 0.3) is 0 Å². The summed E-state index contributed by atoms with van der Waals surface area (Å²) in [7, 11) is 3.16. The lowest BCUT2D eigenvalue weighted by molar-refractivity contribution is -0.117. The van der Waals surface area contributed by atoms with Gasteiger partial charge in [0.1, 0.15) is 5.75 Å². The van der Waals surface area contributed by atoms with E-state index in [9.17, 15) is 4.79 Å². The summed E-state index contributed by atoms with van der Waals surface area (Å²) in [5.41, 5.74) is 5.89. The van der Waals surface area contributed by atoms with Crippen LogP contribution in [0.4, 0.5) is 5.69 Å². The van der Waals surface area contributed by atoms with Gasteiger partial charge in [-0.15, -0.1) is 0 Å². The zero-order valence-electron chi connectivity index (χ0n) is 8.66. The van der Waals surface area contributed by atoms with Gasteiger partial charge in [0, 0.05) is 12.1 Å². The molecule has 82 valence electrons. The van der Waals surface area contributed by atoms with E-state index in [1.807, 2.05) is 0 Å². The molecule has 0 radical (unpaired) electrons. The second kappa shape index (κ2) is 5.00. The molecule has 1 aromatic carbocycles. The van der Waals surface area contributed by atoms with Gasteiger partial charge in [0.05, 0.1) is 19.3 Å². The molecule has 2 N–H and O–H groups in total. The molecule has 15 heavy (non-hydrogen) atoms.